The van der Waals surface area contributed by atoms with Gasteiger partial charge in [-0.05, 0) is 35.9 Å². The van der Waals surface area contributed by atoms with Crippen LogP contribution in [-0.4, -0.2) is 39.2 Å². The zero-order chi connectivity index (χ0) is 21.0. The number of hydrogen-bond acceptors (Lipinski definition) is 6. The summed E-state index contributed by atoms with van der Waals surface area (Å²) in [5.41, 5.74) is 0.0850. The Kier molecular flexibility index (Phi) is 5.59. The van der Waals surface area contributed by atoms with E-state index in [1.54, 1.807) is 19.2 Å². The number of aromatic carboxylic acids is 1. The highest BCUT2D eigenvalue weighted by atomic mass is 16.5. The van der Waals surface area contributed by atoms with Crippen LogP contribution in [-0.2, 0) is 6.42 Å². The summed E-state index contributed by atoms with van der Waals surface area (Å²) in [6.07, 6.45) is 0.291. The number of carbonyl (C=O) groups excluding carboxylic acids is 1. The molecule has 3 rings (SSSR count). The van der Waals surface area contributed by atoms with Crippen LogP contribution in [0.3, 0.4) is 0 Å². The van der Waals surface area contributed by atoms with E-state index in [4.69, 9.17) is 9.84 Å². The Morgan fingerprint density at radius 1 is 1.14 bits per heavy atom. The number of aromatic hydroxyl groups is 1. The lowest BCUT2D eigenvalue weighted by Gasteiger charge is -2.09. The predicted octanol–water partition coefficient (Wildman–Crippen LogP) is 2.03. The van der Waals surface area contributed by atoms with E-state index in [2.05, 4.69) is 15.3 Å². The van der Waals surface area contributed by atoms with Gasteiger partial charge >= 0.3 is 5.97 Å². The first-order valence-corrected chi connectivity index (χ1v) is 8.46. The number of benzene rings is 2. The summed E-state index contributed by atoms with van der Waals surface area (Å²) >= 11 is 0. The number of aromatic amines is 1. The van der Waals surface area contributed by atoms with E-state index in [9.17, 15) is 19.5 Å². The van der Waals surface area contributed by atoms with Crippen LogP contribution in [0.15, 0.2) is 53.3 Å². The highest BCUT2D eigenvalue weighted by molar-refractivity contribution is 6.04. The Bertz CT molecular complexity index is 1120. The molecule has 2 aromatic carbocycles. The van der Waals surface area contributed by atoms with Crippen LogP contribution in [0.2, 0.25) is 0 Å². The molecular weight excluding hydrogens is 378 g/mol. The number of amides is 1. The summed E-state index contributed by atoms with van der Waals surface area (Å²) in [5.74, 6) is -1.36. The maximum Gasteiger partial charge on any atom is 0.335 e. The van der Waals surface area contributed by atoms with Gasteiger partial charge < -0.3 is 25.3 Å². The number of anilines is 1. The SMILES string of the molecule is COc1ccc(Cc2nc(C(=O)Nc3ccc(C(=O)O)cc3O)cc(=O)[nH]2)cc1. The van der Waals surface area contributed by atoms with Crippen molar-refractivity contribution in [2.45, 2.75) is 6.42 Å². The number of carboxylic acid groups (broad SMARTS) is 1. The van der Waals surface area contributed by atoms with E-state index >= 15 is 0 Å². The molecular formula is C20H17N3O6. The molecule has 1 heterocycles. The number of methoxy groups -OCH3 is 1. The number of phenols is 1. The molecule has 0 atom stereocenters. The molecule has 0 aliphatic carbocycles. The Morgan fingerprint density at radius 2 is 1.86 bits per heavy atom. The van der Waals surface area contributed by atoms with Crippen LogP contribution in [0.25, 0.3) is 0 Å². The molecule has 0 fully saturated rings. The first kappa shape index (κ1) is 19.6. The molecule has 0 spiro atoms. The normalized spacial score (nSPS) is 10.4. The van der Waals surface area contributed by atoms with E-state index < -0.39 is 23.2 Å². The molecule has 1 aromatic heterocycles. The lowest BCUT2D eigenvalue weighted by atomic mass is 10.1. The van der Waals surface area contributed by atoms with Gasteiger partial charge in [0.25, 0.3) is 11.5 Å². The van der Waals surface area contributed by atoms with Crippen molar-refractivity contribution in [1.82, 2.24) is 9.97 Å². The molecule has 3 aromatic rings. The molecule has 0 saturated heterocycles. The molecule has 29 heavy (non-hydrogen) atoms. The Morgan fingerprint density at radius 3 is 2.48 bits per heavy atom. The summed E-state index contributed by atoms with van der Waals surface area (Å²) in [4.78, 5) is 42.1. The molecule has 0 unspecified atom stereocenters. The Balaban J connectivity index is 1.80. The fourth-order valence-electron chi connectivity index (χ4n) is 2.60. The van der Waals surface area contributed by atoms with Crippen LogP contribution >= 0.6 is 0 Å². The number of nitrogens with one attached hydrogen (secondary N) is 2. The minimum absolute atomic E-state index is 0.00112. The van der Waals surface area contributed by atoms with Crippen molar-refractivity contribution >= 4 is 17.6 Å². The number of aromatic nitrogens is 2. The number of carboxylic acids is 1. The van der Waals surface area contributed by atoms with Gasteiger partial charge in [0, 0.05) is 12.5 Å². The molecule has 0 bridgehead atoms. The van der Waals surface area contributed by atoms with Gasteiger partial charge in [0.15, 0.2) is 0 Å². The molecule has 1 amide bonds. The highest BCUT2D eigenvalue weighted by Crippen LogP contribution is 2.24. The number of carbonyl (C=O) groups is 2. The number of hydrogen-bond donors (Lipinski definition) is 4. The molecule has 4 N–H and O–H groups in total. The van der Waals surface area contributed by atoms with Crippen molar-refractivity contribution < 1.29 is 24.5 Å². The van der Waals surface area contributed by atoms with E-state index in [0.717, 1.165) is 17.7 Å². The summed E-state index contributed by atoms with van der Waals surface area (Å²) in [6, 6.07) is 11.7. The largest absolute Gasteiger partial charge is 0.506 e. The zero-order valence-corrected chi connectivity index (χ0v) is 15.3. The topological polar surface area (TPSA) is 142 Å². The molecule has 9 heteroatoms. The van der Waals surface area contributed by atoms with Crippen LogP contribution in [0.5, 0.6) is 11.5 Å². The molecule has 0 radical (unpaired) electrons. The summed E-state index contributed by atoms with van der Waals surface area (Å²) < 4.78 is 5.10. The fourth-order valence-corrected chi connectivity index (χ4v) is 2.60. The van der Waals surface area contributed by atoms with Crippen LogP contribution in [0.1, 0.15) is 32.2 Å². The predicted molar refractivity (Wildman–Crippen MR) is 104 cm³/mol. The van der Waals surface area contributed by atoms with Crippen molar-refractivity contribution in [3.8, 4) is 11.5 Å². The molecule has 0 saturated carbocycles. The number of nitrogens with zero attached hydrogens (tertiary/aromatic N) is 1. The minimum Gasteiger partial charge on any atom is -0.506 e. The second-order valence-corrected chi connectivity index (χ2v) is 6.09. The highest BCUT2D eigenvalue weighted by Gasteiger charge is 2.14. The molecule has 9 nitrogen and oxygen atoms in total. The third-order valence-electron chi connectivity index (χ3n) is 4.05. The van der Waals surface area contributed by atoms with Gasteiger partial charge in [0.2, 0.25) is 0 Å². The van der Waals surface area contributed by atoms with Gasteiger partial charge in [-0.15, -0.1) is 0 Å². The summed E-state index contributed by atoms with van der Waals surface area (Å²) in [5, 5.41) is 21.2. The smallest absolute Gasteiger partial charge is 0.335 e. The number of rotatable bonds is 6. The van der Waals surface area contributed by atoms with Crippen LogP contribution in [0.4, 0.5) is 5.69 Å². The van der Waals surface area contributed by atoms with Crippen molar-refractivity contribution in [3.63, 3.8) is 0 Å². The Hall–Kier alpha value is -4.14. The number of ether oxygens (including phenoxy) is 1. The number of H-pyrrole nitrogens is 1. The molecule has 0 aliphatic rings. The molecule has 148 valence electrons. The molecule has 0 aliphatic heterocycles. The van der Waals surface area contributed by atoms with E-state index in [1.165, 1.54) is 12.1 Å². The van der Waals surface area contributed by atoms with Gasteiger partial charge in [-0.1, -0.05) is 12.1 Å². The third-order valence-corrected chi connectivity index (χ3v) is 4.05. The Labute approximate surface area is 164 Å². The zero-order valence-electron chi connectivity index (χ0n) is 15.3. The quantitative estimate of drug-likeness (QED) is 0.468. The average Bonchev–Trinajstić information content (AvgIpc) is 2.69. The summed E-state index contributed by atoms with van der Waals surface area (Å²) in [7, 11) is 1.56. The van der Waals surface area contributed by atoms with Gasteiger partial charge in [-0.2, -0.15) is 0 Å². The lowest BCUT2D eigenvalue weighted by Crippen LogP contribution is -2.20. The van der Waals surface area contributed by atoms with E-state index in [0.29, 0.717) is 18.0 Å². The minimum atomic E-state index is -1.21. The first-order valence-electron chi connectivity index (χ1n) is 8.46. The van der Waals surface area contributed by atoms with Crippen LogP contribution in [0, 0.1) is 0 Å². The maximum absolute atomic E-state index is 12.5. The lowest BCUT2D eigenvalue weighted by molar-refractivity contribution is 0.0696. The van der Waals surface area contributed by atoms with E-state index in [1.807, 2.05) is 12.1 Å². The van der Waals surface area contributed by atoms with Gasteiger partial charge in [0.1, 0.15) is 23.0 Å². The van der Waals surface area contributed by atoms with Crippen LogP contribution < -0.4 is 15.6 Å². The van der Waals surface area contributed by atoms with Crippen molar-refractivity contribution in [3.05, 3.63) is 81.5 Å². The summed E-state index contributed by atoms with van der Waals surface area (Å²) in [6.45, 7) is 0. The monoisotopic (exact) mass is 395 g/mol. The van der Waals surface area contributed by atoms with Gasteiger partial charge in [-0.3, -0.25) is 9.59 Å². The first-order chi connectivity index (χ1) is 13.9. The van der Waals surface area contributed by atoms with Gasteiger partial charge in [-0.25, -0.2) is 9.78 Å². The van der Waals surface area contributed by atoms with E-state index in [-0.39, 0.29) is 16.9 Å². The average molecular weight is 395 g/mol. The van der Waals surface area contributed by atoms with Crippen molar-refractivity contribution in [2.24, 2.45) is 0 Å². The maximum atomic E-state index is 12.5. The fraction of sp³-hybridized carbons (Fsp3) is 0.100. The van der Waals surface area contributed by atoms with Gasteiger partial charge in [0.05, 0.1) is 18.4 Å². The standard InChI is InChI=1S/C20H17N3O6/c1-29-13-5-2-11(3-6-13)8-17-21-15(10-18(25)23-17)19(26)22-14-7-4-12(20(27)28)9-16(14)24/h2-7,9-10,24H,8H2,1H3,(H,22,26)(H,27,28)(H,21,23,25). The van der Waals surface area contributed by atoms with Crippen molar-refractivity contribution in [1.29, 1.82) is 0 Å². The third kappa shape index (κ3) is 4.78. The second kappa shape index (κ2) is 8.26. The van der Waals surface area contributed by atoms with Crippen molar-refractivity contribution in [2.75, 3.05) is 12.4 Å². The second-order valence-electron chi connectivity index (χ2n) is 6.09. The number of phenolic OH excluding ortho intramolecular Hbond substituents is 1.